The minimum Gasteiger partial charge on any atom is -0.393 e. The van der Waals surface area contributed by atoms with Crippen molar-refractivity contribution in [2.45, 2.75) is 45.3 Å². The minimum atomic E-state index is -0.377. The summed E-state index contributed by atoms with van der Waals surface area (Å²) in [6, 6.07) is 5.99. The number of benzene rings is 1. The van der Waals surface area contributed by atoms with Gasteiger partial charge in [0.15, 0.2) is 0 Å². The number of carbonyl (C=O) groups is 1. The molecular weight excluding hydrogens is 316 g/mol. The van der Waals surface area contributed by atoms with E-state index >= 15 is 0 Å². The Morgan fingerprint density at radius 1 is 1.32 bits per heavy atom. The fourth-order valence-electron chi connectivity index (χ4n) is 4.42. The number of fused-ring (bicyclic) bond motifs is 1. The van der Waals surface area contributed by atoms with Crippen molar-refractivity contribution in [1.29, 1.82) is 0 Å². The maximum absolute atomic E-state index is 13.3. The molecule has 0 unspecified atom stereocenters. The first-order valence-electron chi connectivity index (χ1n) is 9.22. The van der Waals surface area contributed by atoms with E-state index in [0.29, 0.717) is 19.6 Å². The van der Waals surface area contributed by atoms with Crippen LogP contribution >= 0.6 is 0 Å². The zero-order valence-electron chi connectivity index (χ0n) is 14.9. The van der Waals surface area contributed by atoms with Crippen LogP contribution in [0.2, 0.25) is 0 Å². The van der Waals surface area contributed by atoms with Crippen molar-refractivity contribution in [1.82, 2.24) is 9.88 Å². The smallest absolute Gasteiger partial charge is 0.256 e. The molecule has 134 valence electrons. The number of nitrogens with zero attached hydrogens (tertiary/aromatic N) is 1. The molecule has 25 heavy (non-hydrogen) atoms. The van der Waals surface area contributed by atoms with Gasteiger partial charge < -0.3 is 19.7 Å². The van der Waals surface area contributed by atoms with Crippen LogP contribution in [0.25, 0.3) is 10.9 Å². The summed E-state index contributed by atoms with van der Waals surface area (Å²) >= 11 is 0. The summed E-state index contributed by atoms with van der Waals surface area (Å²) < 4.78 is 5.58. The van der Waals surface area contributed by atoms with E-state index in [1.54, 1.807) is 0 Å². The van der Waals surface area contributed by atoms with Crippen LogP contribution in [0.5, 0.6) is 0 Å². The third kappa shape index (κ3) is 2.75. The Morgan fingerprint density at radius 2 is 2.16 bits per heavy atom. The van der Waals surface area contributed by atoms with Crippen LogP contribution in [0.15, 0.2) is 18.2 Å². The number of aliphatic hydroxyl groups excluding tert-OH is 1. The molecule has 0 spiro atoms. The average Bonchev–Trinajstić information content (AvgIpc) is 3.20. The van der Waals surface area contributed by atoms with Crippen LogP contribution in [0.1, 0.15) is 40.9 Å². The molecule has 2 fully saturated rings. The Bertz CT molecular complexity index is 798. The van der Waals surface area contributed by atoms with Crippen molar-refractivity contribution in [2.75, 3.05) is 19.8 Å². The van der Waals surface area contributed by atoms with Crippen LogP contribution < -0.4 is 0 Å². The zero-order valence-corrected chi connectivity index (χ0v) is 14.9. The predicted molar refractivity (Wildman–Crippen MR) is 96.8 cm³/mol. The third-order valence-corrected chi connectivity index (χ3v) is 5.99. The molecule has 0 saturated carbocycles. The second-order valence-electron chi connectivity index (χ2n) is 7.41. The van der Waals surface area contributed by atoms with Gasteiger partial charge in [-0.3, -0.25) is 4.79 Å². The van der Waals surface area contributed by atoms with Gasteiger partial charge in [0.1, 0.15) is 0 Å². The predicted octanol–water partition coefficient (Wildman–Crippen LogP) is 2.79. The van der Waals surface area contributed by atoms with Gasteiger partial charge in [0.25, 0.3) is 5.91 Å². The fourth-order valence-corrected chi connectivity index (χ4v) is 4.42. The standard InChI is InChI=1S/C20H26N2O3/c1-12-13(2)21-19-14(12)5-3-6-15(19)20(24)22-9-4-7-17(22)16-11-25-10-8-18(16)23/h3,5-6,16-18,21,23H,4,7-11H2,1-2H3/t16-,17+,18+/m0/s1. The molecule has 3 atom stereocenters. The quantitative estimate of drug-likeness (QED) is 0.882. The van der Waals surface area contributed by atoms with Crippen LogP contribution in [0.3, 0.4) is 0 Å². The first kappa shape index (κ1) is 16.6. The Labute approximate surface area is 148 Å². The lowest BCUT2D eigenvalue weighted by Gasteiger charge is -2.37. The highest BCUT2D eigenvalue weighted by Gasteiger charge is 2.40. The molecule has 1 aromatic carbocycles. The van der Waals surface area contributed by atoms with Crippen LogP contribution in [-0.4, -0.2) is 52.8 Å². The number of aromatic amines is 1. The van der Waals surface area contributed by atoms with Gasteiger partial charge in [0, 0.05) is 36.2 Å². The van der Waals surface area contributed by atoms with Gasteiger partial charge in [0.2, 0.25) is 0 Å². The van der Waals surface area contributed by atoms with Crippen molar-refractivity contribution < 1.29 is 14.6 Å². The first-order chi connectivity index (χ1) is 12.1. The minimum absolute atomic E-state index is 0.0199. The lowest BCUT2D eigenvalue weighted by Crippen LogP contribution is -2.48. The van der Waals surface area contributed by atoms with E-state index in [1.165, 1.54) is 5.56 Å². The highest BCUT2D eigenvalue weighted by Crippen LogP contribution is 2.32. The maximum atomic E-state index is 13.3. The van der Waals surface area contributed by atoms with E-state index in [9.17, 15) is 9.90 Å². The van der Waals surface area contributed by atoms with Crippen LogP contribution in [-0.2, 0) is 4.74 Å². The molecule has 1 aromatic heterocycles. The van der Waals surface area contributed by atoms with Crippen LogP contribution in [0, 0.1) is 19.8 Å². The number of aromatic nitrogens is 1. The summed E-state index contributed by atoms with van der Waals surface area (Å²) in [6.07, 6.45) is 2.21. The van der Waals surface area contributed by atoms with Crippen molar-refractivity contribution in [3.05, 3.63) is 35.0 Å². The first-order valence-corrected chi connectivity index (χ1v) is 9.22. The molecule has 3 heterocycles. The van der Waals surface area contributed by atoms with E-state index in [2.05, 4.69) is 18.0 Å². The molecule has 2 saturated heterocycles. The molecule has 0 bridgehead atoms. The van der Waals surface area contributed by atoms with E-state index < -0.39 is 0 Å². The largest absolute Gasteiger partial charge is 0.393 e. The molecular formula is C20H26N2O3. The van der Waals surface area contributed by atoms with Crippen LogP contribution in [0.4, 0.5) is 0 Å². The Hall–Kier alpha value is -1.85. The van der Waals surface area contributed by atoms with Crippen molar-refractivity contribution in [3.8, 4) is 0 Å². The van der Waals surface area contributed by atoms with Gasteiger partial charge >= 0.3 is 0 Å². The van der Waals surface area contributed by atoms with Gasteiger partial charge in [-0.15, -0.1) is 0 Å². The Balaban J connectivity index is 1.67. The van der Waals surface area contributed by atoms with Gasteiger partial charge in [-0.2, -0.15) is 0 Å². The highest BCUT2D eigenvalue weighted by molar-refractivity contribution is 6.06. The number of rotatable bonds is 2. The Morgan fingerprint density at radius 3 is 2.96 bits per heavy atom. The molecule has 1 amide bonds. The normalized spacial score (nSPS) is 27.2. The van der Waals surface area contributed by atoms with Crippen molar-refractivity contribution in [3.63, 3.8) is 0 Å². The monoisotopic (exact) mass is 342 g/mol. The molecule has 2 aliphatic rings. The van der Waals surface area contributed by atoms with E-state index in [1.807, 2.05) is 24.0 Å². The van der Waals surface area contributed by atoms with E-state index in [4.69, 9.17) is 4.74 Å². The highest BCUT2D eigenvalue weighted by atomic mass is 16.5. The van der Waals surface area contributed by atoms with E-state index in [-0.39, 0.29) is 24.0 Å². The summed E-state index contributed by atoms with van der Waals surface area (Å²) in [7, 11) is 0. The molecule has 0 aliphatic carbocycles. The number of amides is 1. The number of ether oxygens (including phenoxy) is 1. The number of aryl methyl sites for hydroxylation is 2. The molecule has 5 nitrogen and oxygen atoms in total. The number of carbonyl (C=O) groups excluding carboxylic acids is 1. The SMILES string of the molecule is Cc1[nH]c2c(C(=O)N3CCC[C@@H]3[C@@H]3COCC[C@H]3O)cccc2c1C. The number of H-pyrrole nitrogens is 1. The topological polar surface area (TPSA) is 65.6 Å². The number of likely N-dealkylation sites (tertiary alicyclic amines) is 1. The summed E-state index contributed by atoms with van der Waals surface area (Å²) in [6.45, 7) is 6.02. The second kappa shape index (κ2) is 6.46. The molecule has 2 aliphatic heterocycles. The summed E-state index contributed by atoms with van der Waals surface area (Å²) in [5.41, 5.74) is 3.95. The number of para-hydroxylation sites is 1. The molecule has 5 heteroatoms. The van der Waals surface area contributed by atoms with E-state index in [0.717, 1.165) is 41.5 Å². The molecule has 2 N–H and O–H groups in total. The van der Waals surface area contributed by atoms with Gasteiger partial charge in [0.05, 0.1) is 23.8 Å². The lowest BCUT2D eigenvalue weighted by atomic mass is 9.89. The third-order valence-electron chi connectivity index (χ3n) is 5.99. The molecule has 4 rings (SSSR count). The maximum Gasteiger partial charge on any atom is 0.256 e. The number of nitrogens with one attached hydrogen (secondary N) is 1. The average molecular weight is 342 g/mol. The van der Waals surface area contributed by atoms with Crippen molar-refractivity contribution in [2.24, 2.45) is 5.92 Å². The van der Waals surface area contributed by atoms with Gasteiger partial charge in [-0.1, -0.05) is 12.1 Å². The number of hydrogen-bond acceptors (Lipinski definition) is 3. The number of aliphatic hydroxyl groups is 1. The molecule has 2 aromatic rings. The number of hydrogen-bond donors (Lipinski definition) is 2. The van der Waals surface area contributed by atoms with Crippen molar-refractivity contribution >= 4 is 16.8 Å². The zero-order chi connectivity index (χ0) is 17.6. The summed E-state index contributed by atoms with van der Waals surface area (Å²) in [4.78, 5) is 18.7. The Kier molecular flexibility index (Phi) is 4.29. The van der Waals surface area contributed by atoms with Gasteiger partial charge in [-0.25, -0.2) is 0 Å². The van der Waals surface area contributed by atoms with Gasteiger partial charge in [-0.05, 0) is 44.7 Å². The molecule has 0 radical (unpaired) electrons. The lowest BCUT2D eigenvalue weighted by molar-refractivity contribution is -0.0589. The summed E-state index contributed by atoms with van der Waals surface area (Å²) in [5.74, 6) is 0.0821. The fraction of sp³-hybridized carbons (Fsp3) is 0.550. The second-order valence-corrected chi connectivity index (χ2v) is 7.41. The summed E-state index contributed by atoms with van der Waals surface area (Å²) in [5, 5.41) is 11.5.